The van der Waals surface area contributed by atoms with E-state index >= 15 is 0 Å². The Morgan fingerprint density at radius 3 is 2.94 bits per heavy atom. The van der Waals surface area contributed by atoms with Gasteiger partial charge in [-0.15, -0.1) is 0 Å². The Bertz CT molecular complexity index is 652. The van der Waals surface area contributed by atoms with E-state index in [-0.39, 0.29) is 11.0 Å². The second kappa shape index (κ2) is 3.01. The fourth-order valence-electron chi connectivity index (χ4n) is 2.67. The highest BCUT2D eigenvalue weighted by Gasteiger charge is 2.46. The standard InChI is InChI=1S/C10H10ClN5O/c11-9-12-2-7-8(14-9)16(10(17)13-7)15-3-5-1-6(5)4-15/h2,5-6H,1,3-4H2,(H,13,17). The zero-order valence-electron chi connectivity index (χ0n) is 8.93. The molecule has 1 N–H and O–H groups in total. The number of aromatic nitrogens is 4. The molecule has 0 radical (unpaired) electrons. The molecule has 7 heteroatoms. The van der Waals surface area contributed by atoms with Gasteiger partial charge in [0.2, 0.25) is 5.28 Å². The Hall–Kier alpha value is -1.56. The number of piperidine rings is 1. The highest BCUT2D eigenvalue weighted by molar-refractivity contribution is 6.28. The molecule has 88 valence electrons. The van der Waals surface area contributed by atoms with Gasteiger partial charge in [0, 0.05) is 13.1 Å². The molecule has 2 aromatic rings. The molecule has 2 fully saturated rings. The number of hydrogen-bond acceptors (Lipinski definition) is 4. The molecule has 2 unspecified atom stereocenters. The second-order valence-electron chi connectivity index (χ2n) is 4.75. The van der Waals surface area contributed by atoms with E-state index in [4.69, 9.17) is 11.6 Å². The van der Waals surface area contributed by atoms with Crippen LogP contribution in [0.2, 0.25) is 5.28 Å². The predicted octanol–water partition coefficient (Wildman–Crippen LogP) is 0.361. The Balaban J connectivity index is 1.90. The van der Waals surface area contributed by atoms with Crippen molar-refractivity contribution in [3.05, 3.63) is 22.0 Å². The van der Waals surface area contributed by atoms with E-state index in [2.05, 4.69) is 15.0 Å². The third kappa shape index (κ3) is 1.30. The van der Waals surface area contributed by atoms with Crippen molar-refractivity contribution in [1.82, 2.24) is 19.6 Å². The Kier molecular flexibility index (Phi) is 1.68. The highest BCUT2D eigenvalue weighted by atomic mass is 35.5. The zero-order chi connectivity index (χ0) is 11.6. The van der Waals surface area contributed by atoms with E-state index in [1.54, 1.807) is 10.9 Å². The van der Waals surface area contributed by atoms with Gasteiger partial charge in [0.1, 0.15) is 5.52 Å². The predicted molar refractivity (Wildman–Crippen MR) is 62.7 cm³/mol. The molecule has 0 bridgehead atoms. The molecule has 0 aromatic carbocycles. The van der Waals surface area contributed by atoms with E-state index in [0.29, 0.717) is 11.2 Å². The molecule has 3 heterocycles. The number of H-pyrrole nitrogens is 1. The van der Waals surface area contributed by atoms with Gasteiger partial charge in [-0.1, -0.05) is 0 Å². The molecular formula is C10H10ClN5O. The Morgan fingerprint density at radius 1 is 1.41 bits per heavy atom. The molecule has 0 spiro atoms. The first-order valence-corrected chi connectivity index (χ1v) is 5.98. The first-order chi connectivity index (χ1) is 8.22. The highest BCUT2D eigenvalue weighted by Crippen LogP contribution is 2.44. The van der Waals surface area contributed by atoms with Gasteiger partial charge < -0.3 is 9.99 Å². The Labute approximate surface area is 101 Å². The molecule has 0 amide bonds. The van der Waals surface area contributed by atoms with Gasteiger partial charge in [-0.2, -0.15) is 9.66 Å². The average Bonchev–Trinajstić information content (AvgIpc) is 2.77. The van der Waals surface area contributed by atoms with Crippen LogP contribution in [0.4, 0.5) is 0 Å². The van der Waals surface area contributed by atoms with E-state index in [1.165, 1.54) is 6.42 Å². The summed E-state index contributed by atoms with van der Waals surface area (Å²) in [7, 11) is 0. The third-order valence-corrected chi connectivity index (χ3v) is 3.80. The summed E-state index contributed by atoms with van der Waals surface area (Å²) in [6.07, 6.45) is 2.84. The average molecular weight is 252 g/mol. The maximum absolute atomic E-state index is 11.9. The van der Waals surface area contributed by atoms with Gasteiger partial charge in [0.15, 0.2) is 5.65 Å². The van der Waals surface area contributed by atoms with Crippen molar-refractivity contribution in [3.8, 4) is 0 Å². The monoisotopic (exact) mass is 251 g/mol. The lowest BCUT2D eigenvalue weighted by Gasteiger charge is -2.20. The molecule has 17 heavy (non-hydrogen) atoms. The lowest BCUT2D eigenvalue weighted by molar-refractivity contribution is 0.604. The minimum Gasteiger partial charge on any atom is -0.306 e. The molecule has 1 aliphatic carbocycles. The normalized spacial score (nSPS) is 26.5. The van der Waals surface area contributed by atoms with Crippen molar-refractivity contribution in [2.45, 2.75) is 6.42 Å². The molecule has 1 saturated carbocycles. The van der Waals surface area contributed by atoms with Gasteiger partial charge in [-0.25, -0.2) is 9.78 Å². The smallest absolute Gasteiger partial charge is 0.306 e. The third-order valence-electron chi connectivity index (χ3n) is 3.62. The molecule has 4 rings (SSSR count). The first-order valence-electron chi connectivity index (χ1n) is 5.61. The van der Waals surface area contributed by atoms with Crippen molar-refractivity contribution in [1.29, 1.82) is 0 Å². The summed E-state index contributed by atoms with van der Waals surface area (Å²) in [5, 5.41) is 2.21. The summed E-state index contributed by atoms with van der Waals surface area (Å²) in [4.78, 5) is 22.6. The molecule has 1 aliphatic heterocycles. The van der Waals surface area contributed by atoms with Crippen molar-refractivity contribution >= 4 is 22.8 Å². The van der Waals surface area contributed by atoms with Crippen LogP contribution in [0.5, 0.6) is 0 Å². The number of hydrogen-bond donors (Lipinski definition) is 1. The van der Waals surface area contributed by atoms with Crippen LogP contribution in [-0.2, 0) is 0 Å². The molecule has 1 saturated heterocycles. The van der Waals surface area contributed by atoms with Crippen molar-refractivity contribution in [3.63, 3.8) is 0 Å². The van der Waals surface area contributed by atoms with Crippen LogP contribution in [-0.4, -0.2) is 32.7 Å². The zero-order valence-corrected chi connectivity index (χ0v) is 9.68. The number of nitrogens with one attached hydrogen (secondary N) is 1. The number of fused-ring (bicyclic) bond motifs is 2. The summed E-state index contributed by atoms with van der Waals surface area (Å²) < 4.78 is 1.59. The van der Waals surface area contributed by atoms with E-state index in [1.807, 2.05) is 5.01 Å². The van der Waals surface area contributed by atoms with Crippen LogP contribution in [0, 0.1) is 11.8 Å². The SMILES string of the molecule is O=c1[nH]c2cnc(Cl)nc2n1N1CC2CC2C1. The van der Waals surface area contributed by atoms with Crippen molar-refractivity contribution < 1.29 is 0 Å². The number of nitrogens with zero attached hydrogens (tertiary/aromatic N) is 4. The lowest BCUT2D eigenvalue weighted by Crippen LogP contribution is -2.40. The van der Waals surface area contributed by atoms with Crippen LogP contribution in [0.3, 0.4) is 0 Å². The minimum absolute atomic E-state index is 0.162. The fourth-order valence-corrected chi connectivity index (χ4v) is 2.79. The summed E-state index contributed by atoms with van der Waals surface area (Å²) in [5.74, 6) is 1.51. The maximum atomic E-state index is 11.9. The minimum atomic E-state index is -0.169. The van der Waals surface area contributed by atoms with Crippen LogP contribution >= 0.6 is 11.6 Å². The van der Waals surface area contributed by atoms with Gasteiger partial charge in [-0.3, -0.25) is 0 Å². The van der Waals surface area contributed by atoms with Crippen molar-refractivity contribution in [2.24, 2.45) is 11.8 Å². The summed E-state index contributed by atoms with van der Waals surface area (Å²) in [6, 6.07) is 0. The van der Waals surface area contributed by atoms with Gasteiger partial charge in [-0.05, 0) is 29.9 Å². The molecule has 2 aliphatic rings. The maximum Gasteiger partial charge on any atom is 0.346 e. The number of aromatic amines is 1. The van der Waals surface area contributed by atoms with E-state index in [0.717, 1.165) is 24.9 Å². The summed E-state index contributed by atoms with van der Waals surface area (Å²) in [5.41, 5.74) is 1.02. The van der Waals surface area contributed by atoms with Crippen molar-refractivity contribution in [2.75, 3.05) is 18.1 Å². The summed E-state index contributed by atoms with van der Waals surface area (Å²) in [6.45, 7) is 1.86. The first kappa shape index (κ1) is 9.47. The van der Waals surface area contributed by atoms with E-state index < -0.39 is 0 Å². The molecular weight excluding hydrogens is 242 g/mol. The molecule has 2 aromatic heterocycles. The largest absolute Gasteiger partial charge is 0.346 e. The second-order valence-corrected chi connectivity index (χ2v) is 5.08. The summed E-state index contributed by atoms with van der Waals surface area (Å²) >= 11 is 5.77. The number of imidazole rings is 1. The van der Waals surface area contributed by atoms with Gasteiger partial charge in [0.05, 0.1) is 6.20 Å². The van der Waals surface area contributed by atoms with Gasteiger partial charge in [0.25, 0.3) is 0 Å². The van der Waals surface area contributed by atoms with Crippen LogP contribution in [0.1, 0.15) is 6.42 Å². The lowest BCUT2D eigenvalue weighted by atomic mass is 10.4. The number of rotatable bonds is 1. The van der Waals surface area contributed by atoms with Crippen LogP contribution in [0.15, 0.2) is 11.0 Å². The topological polar surface area (TPSA) is 66.8 Å². The molecule has 2 atom stereocenters. The Morgan fingerprint density at radius 2 is 2.18 bits per heavy atom. The van der Waals surface area contributed by atoms with Crippen LogP contribution < -0.4 is 10.7 Å². The van der Waals surface area contributed by atoms with Gasteiger partial charge >= 0.3 is 5.69 Å². The molecule has 6 nitrogen and oxygen atoms in total. The van der Waals surface area contributed by atoms with Crippen LogP contribution in [0.25, 0.3) is 11.2 Å². The van der Waals surface area contributed by atoms with E-state index in [9.17, 15) is 4.79 Å². The quantitative estimate of drug-likeness (QED) is 0.744. The number of halogens is 1. The fraction of sp³-hybridized carbons (Fsp3) is 0.500.